The number of hydrogen-bond acceptors (Lipinski definition) is 14. The van der Waals surface area contributed by atoms with Crippen LogP contribution >= 0.6 is 0 Å². The number of fused-ring (bicyclic) bond motifs is 5. The fraction of sp³-hybridized carbons (Fsp3) is 0.500. The van der Waals surface area contributed by atoms with Crippen LogP contribution < -0.4 is 37.5 Å². The molecule has 3 aliphatic heterocycles. The molecule has 430 valence electrons. The number of likely N-dealkylation sites (tertiary alicyclic amines) is 1. The van der Waals surface area contributed by atoms with E-state index in [1.54, 1.807) is 57.2 Å². The number of halogens is 1. The number of aliphatic hydroxyl groups is 1. The van der Waals surface area contributed by atoms with E-state index in [9.17, 15) is 53.1 Å². The van der Waals surface area contributed by atoms with Crippen molar-refractivity contribution in [3.8, 4) is 11.4 Å². The number of nitrogens with one attached hydrogen (secondary N) is 6. The van der Waals surface area contributed by atoms with Crippen LogP contribution in [0.5, 0.6) is 0 Å². The third kappa shape index (κ3) is 12.5. The quantitative estimate of drug-likeness (QED) is 0.0227. The monoisotopic (exact) mass is 1120 g/mol. The molecule has 5 aliphatic rings. The van der Waals surface area contributed by atoms with Crippen molar-refractivity contribution in [1.29, 1.82) is 0 Å². The molecule has 23 heteroatoms. The third-order valence-corrected chi connectivity index (χ3v) is 16.3. The molecule has 22 nitrogen and oxygen atoms in total. The van der Waals surface area contributed by atoms with Gasteiger partial charge in [-0.1, -0.05) is 50.6 Å². The van der Waals surface area contributed by atoms with Gasteiger partial charge in [-0.05, 0) is 93.0 Å². The normalized spacial score (nSPS) is 21.0. The van der Waals surface area contributed by atoms with Crippen LogP contribution in [-0.4, -0.2) is 118 Å². The molecular formula is C58H68FN9O13. The first-order valence-corrected chi connectivity index (χ1v) is 27.8. The number of imide groups is 1. The van der Waals surface area contributed by atoms with Crippen LogP contribution in [0.4, 0.5) is 4.39 Å². The van der Waals surface area contributed by atoms with Crippen LogP contribution in [-0.2, 0) is 84.2 Å². The minimum Gasteiger partial charge on any atom is -0.458 e. The van der Waals surface area contributed by atoms with Gasteiger partial charge in [-0.25, -0.2) is 14.2 Å². The highest BCUT2D eigenvalue weighted by Crippen LogP contribution is 2.46. The first kappa shape index (κ1) is 57.8. The van der Waals surface area contributed by atoms with Gasteiger partial charge in [0.2, 0.25) is 47.3 Å². The zero-order chi connectivity index (χ0) is 57.7. The SMILES string of the molecule is CC[C@@]1(O)C(=O)OCc2c1cc1n(c2=O)Cc2c-1nc1cc(F)c(C)c3c1c2[C@@H](NC(=O)C1CCC(OCNC(=O)CNC(=O)[C@H](Cc2ccccc2)NC(=O)CNC(=O)CNC(=O)CCCCCN2C(=O)CC(C)C2=O)CC1)CC3. The van der Waals surface area contributed by atoms with Crippen molar-refractivity contribution in [3.63, 3.8) is 0 Å². The molecule has 9 rings (SSSR count). The fourth-order valence-electron chi connectivity index (χ4n) is 11.7. The second-order valence-electron chi connectivity index (χ2n) is 21.7. The Labute approximate surface area is 466 Å². The second kappa shape index (κ2) is 24.8. The number of esters is 1. The Kier molecular flexibility index (Phi) is 17.7. The summed E-state index contributed by atoms with van der Waals surface area (Å²) >= 11 is 0. The second-order valence-corrected chi connectivity index (χ2v) is 21.7. The highest BCUT2D eigenvalue weighted by atomic mass is 19.1. The largest absolute Gasteiger partial charge is 0.458 e. The van der Waals surface area contributed by atoms with Gasteiger partial charge in [0.1, 0.15) is 25.2 Å². The van der Waals surface area contributed by atoms with E-state index in [0.717, 1.165) is 22.1 Å². The maximum Gasteiger partial charge on any atom is 0.343 e. The average Bonchev–Trinajstić information content (AvgIpc) is 3.22. The molecule has 7 N–H and O–H groups in total. The lowest BCUT2D eigenvalue weighted by molar-refractivity contribution is -0.172. The molecule has 4 atom stereocenters. The number of aryl methyl sites for hydroxylation is 1. The molecule has 2 aliphatic carbocycles. The molecule has 1 saturated carbocycles. The molecule has 1 saturated heterocycles. The summed E-state index contributed by atoms with van der Waals surface area (Å²) < 4.78 is 28.2. The molecule has 2 aromatic heterocycles. The van der Waals surface area contributed by atoms with E-state index in [1.165, 1.54) is 15.5 Å². The molecule has 2 aromatic carbocycles. The summed E-state index contributed by atoms with van der Waals surface area (Å²) in [5, 5.41) is 28.2. The van der Waals surface area contributed by atoms with Gasteiger partial charge in [-0.3, -0.25) is 48.1 Å². The lowest BCUT2D eigenvalue weighted by Crippen LogP contribution is -2.52. The van der Waals surface area contributed by atoms with Crippen LogP contribution in [0.2, 0.25) is 0 Å². The van der Waals surface area contributed by atoms with Crippen molar-refractivity contribution in [3.05, 3.63) is 97.6 Å². The fourth-order valence-corrected chi connectivity index (χ4v) is 11.7. The Balaban J connectivity index is 0.718. The van der Waals surface area contributed by atoms with Crippen LogP contribution in [0.1, 0.15) is 129 Å². The number of cyclic esters (lactones) is 1. The van der Waals surface area contributed by atoms with Crippen molar-refractivity contribution in [2.45, 2.75) is 141 Å². The Bertz CT molecular complexity index is 3250. The summed E-state index contributed by atoms with van der Waals surface area (Å²) in [5.74, 6) is -5.34. The molecule has 0 bridgehead atoms. The lowest BCUT2D eigenvalue weighted by Gasteiger charge is -2.32. The number of unbranched alkanes of at least 4 members (excludes halogenated alkanes) is 2. The van der Waals surface area contributed by atoms with E-state index in [1.807, 2.05) is 0 Å². The molecule has 0 spiro atoms. The number of aromatic nitrogens is 2. The van der Waals surface area contributed by atoms with Gasteiger partial charge in [-0.15, -0.1) is 0 Å². The van der Waals surface area contributed by atoms with Gasteiger partial charge in [-0.2, -0.15) is 0 Å². The topological polar surface area (TPSA) is 303 Å². The van der Waals surface area contributed by atoms with Crippen molar-refractivity contribution >= 4 is 64.1 Å². The van der Waals surface area contributed by atoms with Crippen LogP contribution in [0.3, 0.4) is 0 Å². The third-order valence-electron chi connectivity index (χ3n) is 16.3. The predicted octanol–water partition coefficient (Wildman–Crippen LogP) is 2.31. The summed E-state index contributed by atoms with van der Waals surface area (Å²) in [6, 6.07) is 10.3. The first-order chi connectivity index (χ1) is 38.8. The Morgan fingerprint density at radius 2 is 1.58 bits per heavy atom. The highest BCUT2D eigenvalue weighted by Gasteiger charge is 2.46. The van der Waals surface area contributed by atoms with Crippen LogP contribution in [0.15, 0.2) is 47.3 Å². The van der Waals surface area contributed by atoms with Gasteiger partial charge in [0.15, 0.2) is 5.60 Å². The van der Waals surface area contributed by atoms with Crippen molar-refractivity contribution in [2.75, 3.05) is 32.9 Å². The van der Waals surface area contributed by atoms with Crippen LogP contribution in [0, 0.1) is 24.6 Å². The van der Waals surface area contributed by atoms with E-state index < -0.39 is 71.7 Å². The van der Waals surface area contributed by atoms with Gasteiger partial charge in [0.25, 0.3) is 5.56 Å². The first-order valence-electron chi connectivity index (χ1n) is 27.8. The predicted molar refractivity (Wildman–Crippen MR) is 288 cm³/mol. The Morgan fingerprint density at radius 3 is 2.31 bits per heavy atom. The van der Waals surface area contributed by atoms with Crippen molar-refractivity contribution in [1.82, 2.24) is 46.4 Å². The molecule has 5 heterocycles. The van der Waals surface area contributed by atoms with E-state index in [4.69, 9.17) is 14.5 Å². The van der Waals surface area contributed by atoms with Crippen LogP contribution in [0.25, 0.3) is 22.3 Å². The summed E-state index contributed by atoms with van der Waals surface area (Å²) in [5.41, 5.74) is 2.53. The summed E-state index contributed by atoms with van der Waals surface area (Å²) in [6.07, 6.45) is 4.78. The van der Waals surface area contributed by atoms with E-state index in [-0.39, 0.29) is 105 Å². The number of hydrogen-bond donors (Lipinski definition) is 7. The average molecular weight is 1120 g/mol. The zero-order valence-corrected chi connectivity index (χ0v) is 45.6. The molecule has 81 heavy (non-hydrogen) atoms. The number of carbonyl (C=O) groups is 9. The van der Waals surface area contributed by atoms with Gasteiger partial charge in [0.05, 0.1) is 60.8 Å². The number of ether oxygens (including phenoxy) is 2. The minimum absolute atomic E-state index is 0.0241. The molecule has 8 amide bonds. The van der Waals surface area contributed by atoms with Gasteiger partial charge in [0, 0.05) is 60.2 Å². The number of benzene rings is 2. The van der Waals surface area contributed by atoms with Gasteiger partial charge < -0.3 is 51.0 Å². The summed E-state index contributed by atoms with van der Waals surface area (Å²) in [7, 11) is 0. The van der Waals surface area contributed by atoms with E-state index >= 15 is 4.39 Å². The van der Waals surface area contributed by atoms with E-state index in [2.05, 4.69) is 31.9 Å². The lowest BCUT2D eigenvalue weighted by atomic mass is 9.81. The summed E-state index contributed by atoms with van der Waals surface area (Å²) in [6.45, 7) is 3.73. The molecule has 0 radical (unpaired) electrons. The van der Waals surface area contributed by atoms with Crippen molar-refractivity contribution < 1.29 is 62.1 Å². The maximum atomic E-state index is 15.5. The smallest absolute Gasteiger partial charge is 0.343 e. The van der Waals surface area contributed by atoms with Gasteiger partial charge >= 0.3 is 5.97 Å². The van der Waals surface area contributed by atoms with E-state index in [0.29, 0.717) is 92.4 Å². The highest BCUT2D eigenvalue weighted by molar-refractivity contribution is 6.03. The maximum absolute atomic E-state index is 15.5. The number of amides is 8. The molecular weight excluding hydrogens is 1050 g/mol. The van der Waals surface area contributed by atoms with Crippen molar-refractivity contribution in [2.24, 2.45) is 11.8 Å². The molecule has 2 fully saturated rings. The molecule has 4 aromatic rings. The zero-order valence-electron chi connectivity index (χ0n) is 45.6. The number of pyridine rings is 2. The molecule has 1 unspecified atom stereocenters. The summed E-state index contributed by atoms with van der Waals surface area (Å²) in [4.78, 5) is 135. The number of carbonyl (C=O) groups excluding carboxylic acids is 9. The minimum atomic E-state index is -2.02. The standard InChI is InChI=1S/C58H68FN9O13/c1-4-58(79)39-23-44-52-37(28-68(44)56(77)38(39)29-80-57(58)78)51-41(19-18-36-32(3)40(59)24-42(65-52)50(36)51)66-53(74)34-14-16-35(17-15-34)81-30-63-47(71)26-62-54(75)43(22-33-11-7-5-8-12-33)64-48(72)27-61-46(70)25-60-45(69)13-9-6-10-20-67-49(73)21-31(2)55(67)76/h5,7-8,11-12,23-24,31,34-35,41,43,79H,4,6,9-10,13-22,25-30H2,1-3H3,(H,60,69)(H,61,70)(H,62,75)(H,63,71)(H,64,72)(H,66,74)/t31?,34?,35?,41-,43-,58-/m0/s1. The number of nitrogens with zero attached hydrogens (tertiary/aromatic N) is 3. The number of rotatable bonds is 22. The Hall–Kier alpha value is -7.92. The Morgan fingerprint density at radius 1 is 0.864 bits per heavy atom.